The average Bonchev–Trinajstić information content (AvgIpc) is 3.29. The van der Waals surface area contributed by atoms with Crippen LogP contribution in [0.2, 0.25) is 0 Å². The molecular formula is C24H32N4O2. The zero-order valence-electron chi connectivity index (χ0n) is 17.9. The van der Waals surface area contributed by atoms with Crippen molar-refractivity contribution < 1.29 is 9.53 Å². The lowest BCUT2D eigenvalue weighted by Crippen LogP contribution is -2.40. The van der Waals surface area contributed by atoms with Gasteiger partial charge in [-0.05, 0) is 49.6 Å². The minimum Gasteiger partial charge on any atom is -0.497 e. The fourth-order valence-corrected chi connectivity index (χ4v) is 3.68. The van der Waals surface area contributed by atoms with Crippen LogP contribution in [0, 0.1) is 0 Å². The molecule has 3 rings (SSSR count). The zero-order valence-corrected chi connectivity index (χ0v) is 17.9. The molecule has 1 unspecified atom stereocenters. The maximum Gasteiger partial charge on any atom is 0.251 e. The average molecular weight is 409 g/mol. The van der Waals surface area contributed by atoms with Gasteiger partial charge in [0.25, 0.3) is 5.91 Å². The smallest absolute Gasteiger partial charge is 0.251 e. The Kier molecular flexibility index (Phi) is 8.12. The first-order valence-electron chi connectivity index (χ1n) is 10.7. The quantitative estimate of drug-likeness (QED) is 0.400. The number of methoxy groups -OCH3 is 1. The van der Waals surface area contributed by atoms with Gasteiger partial charge in [-0.15, -0.1) is 0 Å². The molecule has 0 bridgehead atoms. The van der Waals surface area contributed by atoms with Crippen LogP contribution in [0.4, 0.5) is 0 Å². The fourth-order valence-electron chi connectivity index (χ4n) is 3.68. The van der Waals surface area contributed by atoms with Gasteiger partial charge in [0, 0.05) is 44.2 Å². The number of ether oxygens (including phenoxy) is 1. The molecule has 6 nitrogen and oxygen atoms in total. The van der Waals surface area contributed by atoms with Crippen LogP contribution < -0.4 is 15.4 Å². The summed E-state index contributed by atoms with van der Waals surface area (Å²) < 4.78 is 5.26. The SMILES string of the molecule is CCNC(=NCCCNC(=O)c1ccccc1)N1CCC(c2ccc(OC)cc2)C1. The third-order valence-electron chi connectivity index (χ3n) is 5.33. The van der Waals surface area contributed by atoms with Crippen molar-refractivity contribution in [2.75, 3.05) is 39.8 Å². The van der Waals surface area contributed by atoms with E-state index < -0.39 is 0 Å². The summed E-state index contributed by atoms with van der Waals surface area (Å²) in [6, 6.07) is 17.7. The highest BCUT2D eigenvalue weighted by Crippen LogP contribution is 2.28. The molecule has 0 spiro atoms. The Morgan fingerprint density at radius 1 is 1.13 bits per heavy atom. The zero-order chi connectivity index (χ0) is 21.2. The molecule has 0 saturated carbocycles. The van der Waals surface area contributed by atoms with Gasteiger partial charge in [-0.3, -0.25) is 9.79 Å². The Balaban J connectivity index is 1.47. The molecule has 1 fully saturated rings. The van der Waals surface area contributed by atoms with Gasteiger partial charge in [-0.25, -0.2) is 0 Å². The predicted octanol–water partition coefficient (Wildman–Crippen LogP) is 3.27. The van der Waals surface area contributed by atoms with E-state index in [2.05, 4.69) is 34.6 Å². The van der Waals surface area contributed by atoms with Crippen molar-refractivity contribution in [3.05, 3.63) is 65.7 Å². The van der Waals surface area contributed by atoms with Gasteiger partial charge in [0.15, 0.2) is 5.96 Å². The second-order valence-electron chi connectivity index (χ2n) is 7.42. The number of amides is 1. The van der Waals surface area contributed by atoms with Crippen molar-refractivity contribution in [1.29, 1.82) is 0 Å². The van der Waals surface area contributed by atoms with Crippen LogP contribution in [0.3, 0.4) is 0 Å². The lowest BCUT2D eigenvalue weighted by Gasteiger charge is -2.22. The first-order valence-corrected chi connectivity index (χ1v) is 10.7. The fraction of sp³-hybridized carbons (Fsp3) is 0.417. The van der Waals surface area contributed by atoms with Crippen molar-refractivity contribution >= 4 is 11.9 Å². The van der Waals surface area contributed by atoms with E-state index in [1.54, 1.807) is 7.11 Å². The normalized spacial score (nSPS) is 16.4. The van der Waals surface area contributed by atoms with Crippen LogP contribution in [0.25, 0.3) is 0 Å². The molecular weight excluding hydrogens is 376 g/mol. The van der Waals surface area contributed by atoms with E-state index in [0.717, 1.165) is 44.2 Å². The van der Waals surface area contributed by atoms with Crippen molar-refractivity contribution in [2.24, 2.45) is 4.99 Å². The molecule has 1 amide bonds. The second kappa shape index (κ2) is 11.2. The van der Waals surface area contributed by atoms with E-state index in [9.17, 15) is 4.79 Å². The minimum atomic E-state index is -0.0339. The number of guanidine groups is 1. The van der Waals surface area contributed by atoms with Crippen LogP contribution in [0.1, 0.15) is 41.6 Å². The topological polar surface area (TPSA) is 66.0 Å². The molecule has 30 heavy (non-hydrogen) atoms. The number of benzene rings is 2. The first kappa shape index (κ1) is 21.7. The molecule has 0 aromatic heterocycles. The Labute approximate surface area is 179 Å². The molecule has 0 radical (unpaired) electrons. The van der Waals surface area contributed by atoms with Crippen molar-refractivity contribution in [1.82, 2.24) is 15.5 Å². The predicted molar refractivity (Wildman–Crippen MR) is 121 cm³/mol. The number of nitrogens with one attached hydrogen (secondary N) is 2. The van der Waals surface area contributed by atoms with Crippen molar-refractivity contribution in [2.45, 2.75) is 25.7 Å². The molecule has 2 aromatic rings. The molecule has 0 aliphatic carbocycles. The molecule has 6 heteroatoms. The highest BCUT2D eigenvalue weighted by atomic mass is 16.5. The highest BCUT2D eigenvalue weighted by molar-refractivity contribution is 5.94. The van der Waals surface area contributed by atoms with Crippen molar-refractivity contribution in [3.63, 3.8) is 0 Å². The Morgan fingerprint density at radius 3 is 2.60 bits per heavy atom. The molecule has 2 aromatic carbocycles. The monoisotopic (exact) mass is 408 g/mol. The van der Waals surface area contributed by atoms with Gasteiger partial charge in [-0.1, -0.05) is 30.3 Å². The Hall–Kier alpha value is -3.02. The van der Waals surface area contributed by atoms with Gasteiger partial charge in [0.2, 0.25) is 0 Å². The molecule has 1 saturated heterocycles. The number of rotatable bonds is 8. The molecule has 1 aliphatic heterocycles. The number of nitrogens with zero attached hydrogens (tertiary/aromatic N) is 2. The van der Waals surface area contributed by atoms with Crippen LogP contribution in [0.5, 0.6) is 5.75 Å². The summed E-state index contributed by atoms with van der Waals surface area (Å²) in [5, 5.41) is 6.37. The number of carbonyl (C=O) groups is 1. The summed E-state index contributed by atoms with van der Waals surface area (Å²) in [6.07, 6.45) is 1.92. The number of likely N-dealkylation sites (tertiary alicyclic amines) is 1. The van der Waals surface area contributed by atoms with E-state index in [4.69, 9.17) is 9.73 Å². The minimum absolute atomic E-state index is 0.0339. The molecule has 1 aliphatic rings. The van der Waals surface area contributed by atoms with E-state index in [1.807, 2.05) is 42.5 Å². The van der Waals surface area contributed by atoms with Gasteiger partial charge in [0.05, 0.1) is 7.11 Å². The van der Waals surface area contributed by atoms with Gasteiger partial charge in [0.1, 0.15) is 5.75 Å². The molecule has 1 heterocycles. The first-order chi connectivity index (χ1) is 14.7. The van der Waals surface area contributed by atoms with E-state index >= 15 is 0 Å². The second-order valence-corrected chi connectivity index (χ2v) is 7.42. The van der Waals surface area contributed by atoms with E-state index in [-0.39, 0.29) is 5.91 Å². The summed E-state index contributed by atoms with van der Waals surface area (Å²) in [6.45, 7) is 6.18. The van der Waals surface area contributed by atoms with Crippen molar-refractivity contribution in [3.8, 4) is 5.75 Å². The van der Waals surface area contributed by atoms with Gasteiger partial charge >= 0.3 is 0 Å². The van der Waals surface area contributed by atoms with E-state index in [0.29, 0.717) is 24.6 Å². The van der Waals surface area contributed by atoms with Crippen LogP contribution in [-0.2, 0) is 0 Å². The largest absolute Gasteiger partial charge is 0.497 e. The summed E-state index contributed by atoms with van der Waals surface area (Å²) in [5.41, 5.74) is 2.04. The summed E-state index contributed by atoms with van der Waals surface area (Å²) >= 11 is 0. The Bertz CT molecular complexity index is 821. The van der Waals surface area contributed by atoms with Crippen LogP contribution in [0.15, 0.2) is 59.6 Å². The summed E-state index contributed by atoms with van der Waals surface area (Å²) in [5.74, 6) is 2.32. The van der Waals surface area contributed by atoms with Crippen LogP contribution >= 0.6 is 0 Å². The number of hydrogen-bond acceptors (Lipinski definition) is 3. The van der Waals surface area contributed by atoms with Gasteiger partial charge < -0.3 is 20.3 Å². The molecule has 1 atom stereocenters. The lowest BCUT2D eigenvalue weighted by molar-refractivity contribution is 0.0953. The maximum absolute atomic E-state index is 12.1. The third-order valence-corrected chi connectivity index (χ3v) is 5.33. The Morgan fingerprint density at radius 2 is 1.90 bits per heavy atom. The molecule has 2 N–H and O–H groups in total. The summed E-state index contributed by atoms with van der Waals surface area (Å²) in [4.78, 5) is 19.2. The molecule has 160 valence electrons. The summed E-state index contributed by atoms with van der Waals surface area (Å²) in [7, 11) is 1.69. The van der Waals surface area contributed by atoms with Gasteiger partial charge in [-0.2, -0.15) is 0 Å². The maximum atomic E-state index is 12.1. The number of aliphatic imine (C=N–C) groups is 1. The van der Waals surface area contributed by atoms with E-state index in [1.165, 1.54) is 5.56 Å². The number of carbonyl (C=O) groups excluding carboxylic acids is 1. The van der Waals surface area contributed by atoms with Crippen LogP contribution in [-0.4, -0.2) is 56.6 Å². The number of hydrogen-bond donors (Lipinski definition) is 2. The standard InChI is InChI=1S/C24H32N4O2/c1-3-25-24(27-16-7-15-26-23(29)20-8-5-4-6-9-20)28-17-14-21(18-28)19-10-12-22(30-2)13-11-19/h4-6,8-13,21H,3,7,14-18H2,1-2H3,(H,25,27)(H,26,29). The third kappa shape index (κ3) is 5.99. The lowest BCUT2D eigenvalue weighted by atomic mass is 9.98. The highest BCUT2D eigenvalue weighted by Gasteiger charge is 2.26.